The standard InChI is InChI=1S/C16H20N2/c1-3-12-8-14-5-4-13(9-16(14)17-10-12)15-6-7-18(2)11-15/h4-5,8-10,15H,3,6-7,11H2,1-2H3. The van der Waals surface area contributed by atoms with Gasteiger partial charge in [0.15, 0.2) is 0 Å². The van der Waals surface area contributed by atoms with Gasteiger partial charge in [-0.05, 0) is 55.6 Å². The number of hydrogen-bond acceptors (Lipinski definition) is 2. The van der Waals surface area contributed by atoms with Gasteiger partial charge in [-0.3, -0.25) is 4.98 Å². The van der Waals surface area contributed by atoms with Gasteiger partial charge in [0, 0.05) is 18.1 Å². The van der Waals surface area contributed by atoms with Crippen LogP contribution < -0.4 is 0 Å². The molecule has 0 bridgehead atoms. The summed E-state index contributed by atoms with van der Waals surface area (Å²) in [5, 5.41) is 1.27. The fraction of sp³-hybridized carbons (Fsp3) is 0.438. The lowest BCUT2D eigenvalue weighted by Gasteiger charge is -2.11. The first-order valence-electron chi connectivity index (χ1n) is 6.83. The second-order valence-corrected chi connectivity index (χ2v) is 5.40. The summed E-state index contributed by atoms with van der Waals surface area (Å²) in [5.41, 5.74) is 3.90. The minimum Gasteiger partial charge on any atom is -0.306 e. The molecular weight excluding hydrogens is 220 g/mol. The summed E-state index contributed by atoms with van der Waals surface area (Å²) < 4.78 is 0. The molecule has 1 aliphatic rings. The molecule has 2 heteroatoms. The first-order valence-corrected chi connectivity index (χ1v) is 6.83. The summed E-state index contributed by atoms with van der Waals surface area (Å²) in [4.78, 5) is 6.99. The predicted molar refractivity (Wildman–Crippen MR) is 76.0 cm³/mol. The number of nitrogens with zero attached hydrogens (tertiary/aromatic N) is 2. The van der Waals surface area contributed by atoms with Crippen molar-refractivity contribution in [2.45, 2.75) is 25.7 Å². The molecule has 1 saturated heterocycles. The summed E-state index contributed by atoms with van der Waals surface area (Å²) in [6.45, 7) is 4.56. The Labute approximate surface area is 109 Å². The summed E-state index contributed by atoms with van der Waals surface area (Å²) in [7, 11) is 2.20. The van der Waals surface area contributed by atoms with E-state index in [9.17, 15) is 0 Å². The Bertz CT molecular complexity index is 562. The van der Waals surface area contributed by atoms with E-state index >= 15 is 0 Å². The van der Waals surface area contributed by atoms with Gasteiger partial charge >= 0.3 is 0 Å². The number of likely N-dealkylation sites (tertiary alicyclic amines) is 1. The van der Waals surface area contributed by atoms with Crippen molar-refractivity contribution < 1.29 is 0 Å². The van der Waals surface area contributed by atoms with Gasteiger partial charge in [0.25, 0.3) is 0 Å². The number of pyridine rings is 1. The smallest absolute Gasteiger partial charge is 0.0705 e. The van der Waals surface area contributed by atoms with E-state index in [2.05, 4.69) is 48.1 Å². The van der Waals surface area contributed by atoms with Crippen LogP contribution in [0.1, 0.15) is 30.4 Å². The first kappa shape index (κ1) is 11.7. The van der Waals surface area contributed by atoms with Crippen molar-refractivity contribution in [2.24, 2.45) is 0 Å². The van der Waals surface area contributed by atoms with E-state index in [1.54, 1.807) is 0 Å². The molecule has 0 amide bonds. The van der Waals surface area contributed by atoms with Crippen molar-refractivity contribution in [3.05, 3.63) is 41.6 Å². The molecule has 2 heterocycles. The number of aromatic nitrogens is 1. The quantitative estimate of drug-likeness (QED) is 0.801. The summed E-state index contributed by atoms with van der Waals surface area (Å²) in [5.74, 6) is 0.687. The first-order chi connectivity index (χ1) is 8.76. The molecule has 1 aromatic heterocycles. The largest absolute Gasteiger partial charge is 0.306 e. The van der Waals surface area contributed by atoms with E-state index in [0.29, 0.717) is 5.92 Å². The van der Waals surface area contributed by atoms with E-state index in [1.807, 2.05) is 6.20 Å². The molecular formula is C16H20N2. The Balaban J connectivity index is 1.96. The molecule has 2 nitrogen and oxygen atoms in total. The lowest BCUT2D eigenvalue weighted by atomic mass is 9.97. The number of aryl methyl sites for hydroxylation is 1. The molecule has 0 N–H and O–H groups in total. The summed E-state index contributed by atoms with van der Waals surface area (Å²) in [6, 6.07) is 9.05. The van der Waals surface area contributed by atoms with Gasteiger partial charge in [-0.25, -0.2) is 0 Å². The van der Waals surface area contributed by atoms with Crippen molar-refractivity contribution in [3.8, 4) is 0 Å². The van der Waals surface area contributed by atoms with E-state index in [0.717, 1.165) is 11.9 Å². The number of rotatable bonds is 2. The molecule has 2 aromatic rings. The number of fused-ring (bicyclic) bond motifs is 1. The Hall–Kier alpha value is -1.41. The Kier molecular flexibility index (Phi) is 3.04. The van der Waals surface area contributed by atoms with Crippen LogP contribution in [0, 0.1) is 0 Å². The molecule has 1 fully saturated rings. The van der Waals surface area contributed by atoms with E-state index in [1.165, 1.54) is 36.0 Å². The minimum atomic E-state index is 0.687. The predicted octanol–water partition coefficient (Wildman–Crippen LogP) is 3.22. The molecule has 0 spiro atoms. The van der Waals surface area contributed by atoms with Crippen LogP contribution in [0.5, 0.6) is 0 Å². The molecule has 1 aliphatic heterocycles. The SMILES string of the molecule is CCc1cnc2cc(C3CCN(C)C3)ccc2c1. The number of likely N-dealkylation sites (N-methyl/N-ethyl adjacent to an activating group) is 1. The van der Waals surface area contributed by atoms with Gasteiger partial charge in [-0.1, -0.05) is 19.1 Å². The highest BCUT2D eigenvalue weighted by molar-refractivity contribution is 5.79. The van der Waals surface area contributed by atoms with Crippen LogP contribution >= 0.6 is 0 Å². The van der Waals surface area contributed by atoms with Crippen LogP contribution in [0.4, 0.5) is 0 Å². The monoisotopic (exact) mass is 240 g/mol. The Morgan fingerprint density at radius 1 is 1.33 bits per heavy atom. The third-order valence-electron chi connectivity index (χ3n) is 4.04. The fourth-order valence-corrected chi connectivity index (χ4v) is 2.84. The maximum Gasteiger partial charge on any atom is 0.0705 e. The zero-order valence-electron chi connectivity index (χ0n) is 11.2. The van der Waals surface area contributed by atoms with Gasteiger partial charge in [0.1, 0.15) is 0 Å². The zero-order chi connectivity index (χ0) is 12.5. The highest BCUT2D eigenvalue weighted by atomic mass is 15.1. The highest BCUT2D eigenvalue weighted by Crippen LogP contribution is 2.28. The third-order valence-corrected chi connectivity index (χ3v) is 4.04. The zero-order valence-corrected chi connectivity index (χ0v) is 11.2. The van der Waals surface area contributed by atoms with Crippen molar-refractivity contribution in [3.63, 3.8) is 0 Å². The molecule has 18 heavy (non-hydrogen) atoms. The van der Waals surface area contributed by atoms with E-state index in [4.69, 9.17) is 0 Å². The summed E-state index contributed by atoms with van der Waals surface area (Å²) in [6.07, 6.45) is 4.33. The number of benzene rings is 1. The average molecular weight is 240 g/mol. The highest BCUT2D eigenvalue weighted by Gasteiger charge is 2.21. The molecule has 94 valence electrons. The van der Waals surface area contributed by atoms with Crippen molar-refractivity contribution in [1.82, 2.24) is 9.88 Å². The van der Waals surface area contributed by atoms with Crippen LogP contribution in [-0.4, -0.2) is 30.0 Å². The second kappa shape index (κ2) is 4.69. The lowest BCUT2D eigenvalue weighted by molar-refractivity contribution is 0.411. The second-order valence-electron chi connectivity index (χ2n) is 5.40. The minimum absolute atomic E-state index is 0.687. The normalized spacial score (nSPS) is 20.7. The Morgan fingerprint density at radius 3 is 2.94 bits per heavy atom. The van der Waals surface area contributed by atoms with Crippen LogP contribution in [0.15, 0.2) is 30.5 Å². The topological polar surface area (TPSA) is 16.1 Å². The third kappa shape index (κ3) is 2.13. The fourth-order valence-electron chi connectivity index (χ4n) is 2.84. The molecule has 1 aromatic carbocycles. The molecule has 0 saturated carbocycles. The number of hydrogen-bond donors (Lipinski definition) is 0. The lowest BCUT2D eigenvalue weighted by Crippen LogP contribution is -2.13. The van der Waals surface area contributed by atoms with Crippen LogP contribution in [-0.2, 0) is 6.42 Å². The average Bonchev–Trinajstić information content (AvgIpc) is 2.84. The summed E-state index contributed by atoms with van der Waals surface area (Å²) >= 11 is 0. The molecule has 1 unspecified atom stereocenters. The van der Waals surface area contributed by atoms with Crippen LogP contribution in [0.3, 0.4) is 0 Å². The van der Waals surface area contributed by atoms with Gasteiger partial charge in [-0.15, -0.1) is 0 Å². The van der Waals surface area contributed by atoms with E-state index in [-0.39, 0.29) is 0 Å². The van der Waals surface area contributed by atoms with Crippen LogP contribution in [0.25, 0.3) is 10.9 Å². The van der Waals surface area contributed by atoms with Crippen LogP contribution in [0.2, 0.25) is 0 Å². The maximum atomic E-state index is 4.59. The van der Waals surface area contributed by atoms with Gasteiger partial charge in [-0.2, -0.15) is 0 Å². The van der Waals surface area contributed by atoms with Gasteiger partial charge < -0.3 is 4.90 Å². The van der Waals surface area contributed by atoms with Gasteiger partial charge in [0.2, 0.25) is 0 Å². The molecule has 0 radical (unpaired) electrons. The Morgan fingerprint density at radius 2 is 2.22 bits per heavy atom. The maximum absolute atomic E-state index is 4.59. The van der Waals surface area contributed by atoms with Gasteiger partial charge in [0.05, 0.1) is 5.52 Å². The molecule has 1 atom stereocenters. The molecule has 0 aliphatic carbocycles. The molecule has 3 rings (SSSR count). The van der Waals surface area contributed by atoms with E-state index < -0.39 is 0 Å². The van der Waals surface area contributed by atoms with Crippen molar-refractivity contribution in [2.75, 3.05) is 20.1 Å². The van der Waals surface area contributed by atoms with Crippen molar-refractivity contribution in [1.29, 1.82) is 0 Å². The van der Waals surface area contributed by atoms with Crippen molar-refractivity contribution >= 4 is 10.9 Å².